The van der Waals surface area contributed by atoms with Crippen LogP contribution in [0.25, 0.3) is 5.95 Å². The molecule has 8 nitrogen and oxygen atoms in total. The van der Waals surface area contributed by atoms with E-state index in [1.807, 2.05) is 26.8 Å². The highest BCUT2D eigenvalue weighted by Gasteiger charge is 2.31. The van der Waals surface area contributed by atoms with Gasteiger partial charge in [0.15, 0.2) is 0 Å². The lowest BCUT2D eigenvalue weighted by Crippen LogP contribution is -2.46. The Morgan fingerprint density at radius 2 is 2.00 bits per heavy atom. The number of nitrogens with one attached hydrogen (secondary N) is 1. The number of carbonyl (C=O) groups excluding carboxylic acids is 1. The topological polar surface area (TPSA) is 96.2 Å². The largest absolute Gasteiger partial charge is 0.374 e. The summed E-state index contributed by atoms with van der Waals surface area (Å²) in [5.74, 6) is 0.563. The first-order valence-corrected chi connectivity index (χ1v) is 10.0. The third-order valence-corrected chi connectivity index (χ3v) is 4.89. The molecule has 0 radical (unpaired) electrons. The van der Waals surface area contributed by atoms with Gasteiger partial charge in [-0.1, -0.05) is 20.3 Å². The summed E-state index contributed by atoms with van der Waals surface area (Å²) in [4.78, 5) is 28.5. The molecule has 2 N–H and O–H groups in total. The third kappa shape index (κ3) is 5.14. The van der Waals surface area contributed by atoms with Crippen LogP contribution in [0.2, 0.25) is 0 Å². The molecule has 1 aliphatic rings. The third-order valence-electron chi connectivity index (χ3n) is 4.89. The smallest absolute Gasteiger partial charge is 0.245 e. The van der Waals surface area contributed by atoms with Crippen molar-refractivity contribution in [1.29, 1.82) is 0 Å². The number of piperidine rings is 1. The van der Waals surface area contributed by atoms with Gasteiger partial charge in [-0.15, -0.1) is 0 Å². The van der Waals surface area contributed by atoms with Gasteiger partial charge in [0.25, 0.3) is 0 Å². The fourth-order valence-corrected chi connectivity index (χ4v) is 3.62. The van der Waals surface area contributed by atoms with Crippen LogP contribution >= 0.6 is 0 Å². The molecule has 1 aliphatic heterocycles. The molecule has 0 aliphatic carbocycles. The Morgan fingerprint density at radius 1 is 1.25 bits per heavy atom. The second-order valence-corrected chi connectivity index (χ2v) is 7.86. The van der Waals surface area contributed by atoms with Crippen molar-refractivity contribution in [2.24, 2.45) is 5.92 Å². The van der Waals surface area contributed by atoms with Gasteiger partial charge in [-0.3, -0.25) is 14.3 Å². The molecule has 1 saturated heterocycles. The van der Waals surface area contributed by atoms with Crippen LogP contribution in [-0.2, 0) is 4.79 Å². The molecule has 0 aromatic carbocycles. The number of aliphatic hydroxyl groups excluding tert-OH is 1. The van der Waals surface area contributed by atoms with E-state index in [1.54, 1.807) is 23.3 Å². The summed E-state index contributed by atoms with van der Waals surface area (Å²) in [6, 6.07) is 1.31. The normalized spacial score (nSPS) is 17.5. The Bertz CT molecular complexity index is 771. The van der Waals surface area contributed by atoms with Crippen molar-refractivity contribution in [3.63, 3.8) is 0 Å². The SMILES string of the molecule is Cc1cc(C(C(=O)NC(O)CC(C)C)N2CCCCC2)nc(-n2ccnc2)n1. The maximum absolute atomic E-state index is 13.2. The maximum Gasteiger partial charge on any atom is 0.245 e. The Morgan fingerprint density at radius 3 is 2.64 bits per heavy atom. The number of aryl methyl sites for hydroxylation is 1. The highest BCUT2D eigenvalue weighted by molar-refractivity contribution is 5.83. The van der Waals surface area contributed by atoms with Gasteiger partial charge in [-0.05, 0) is 51.3 Å². The van der Waals surface area contributed by atoms with Crippen molar-refractivity contribution in [2.45, 2.75) is 58.7 Å². The van der Waals surface area contributed by atoms with Crippen molar-refractivity contribution < 1.29 is 9.90 Å². The van der Waals surface area contributed by atoms with Crippen molar-refractivity contribution >= 4 is 5.91 Å². The van der Waals surface area contributed by atoms with Crippen LogP contribution in [0.3, 0.4) is 0 Å². The van der Waals surface area contributed by atoms with Gasteiger partial charge in [0.05, 0.1) is 5.69 Å². The molecule has 3 rings (SSSR count). The quantitative estimate of drug-likeness (QED) is 0.707. The lowest BCUT2D eigenvalue weighted by Gasteiger charge is -2.34. The molecule has 152 valence electrons. The van der Waals surface area contributed by atoms with Crippen molar-refractivity contribution in [3.8, 4) is 5.95 Å². The van der Waals surface area contributed by atoms with E-state index >= 15 is 0 Å². The zero-order valence-corrected chi connectivity index (χ0v) is 16.9. The molecule has 2 aromatic heterocycles. The number of amides is 1. The predicted octanol–water partition coefficient (Wildman–Crippen LogP) is 1.98. The molecule has 2 aromatic rings. The summed E-state index contributed by atoms with van der Waals surface area (Å²) in [5.41, 5.74) is 1.43. The number of aliphatic hydroxyl groups is 1. The van der Waals surface area contributed by atoms with Gasteiger partial charge in [0.2, 0.25) is 11.9 Å². The van der Waals surface area contributed by atoms with Crippen molar-refractivity contribution in [3.05, 3.63) is 36.2 Å². The summed E-state index contributed by atoms with van der Waals surface area (Å²) in [7, 11) is 0. The first-order chi connectivity index (χ1) is 13.4. The van der Waals surface area contributed by atoms with Crippen molar-refractivity contribution in [2.75, 3.05) is 13.1 Å². The lowest BCUT2D eigenvalue weighted by atomic mass is 10.0. The molecular weight excluding hydrogens is 356 g/mol. The molecular formula is C20H30N6O2. The van der Waals surface area contributed by atoms with Crippen LogP contribution in [0.1, 0.15) is 57.0 Å². The van der Waals surface area contributed by atoms with E-state index in [-0.39, 0.29) is 11.8 Å². The Labute approximate surface area is 166 Å². The lowest BCUT2D eigenvalue weighted by molar-refractivity contribution is -0.130. The summed E-state index contributed by atoms with van der Waals surface area (Å²) in [6.07, 6.45) is 8.01. The second-order valence-electron chi connectivity index (χ2n) is 7.86. The molecule has 0 bridgehead atoms. The summed E-state index contributed by atoms with van der Waals surface area (Å²) in [6.45, 7) is 7.60. The molecule has 1 amide bonds. The van der Waals surface area contributed by atoms with E-state index in [9.17, 15) is 9.90 Å². The average Bonchev–Trinajstić information content (AvgIpc) is 3.16. The number of hydrogen-bond donors (Lipinski definition) is 2. The van der Waals surface area contributed by atoms with Crippen LogP contribution in [0.5, 0.6) is 0 Å². The minimum Gasteiger partial charge on any atom is -0.374 e. The molecule has 3 heterocycles. The van der Waals surface area contributed by atoms with Gasteiger partial charge < -0.3 is 10.4 Å². The first kappa shape index (κ1) is 20.4. The zero-order valence-electron chi connectivity index (χ0n) is 16.9. The highest BCUT2D eigenvalue weighted by Crippen LogP contribution is 2.25. The van der Waals surface area contributed by atoms with E-state index in [0.717, 1.165) is 31.6 Å². The number of likely N-dealkylation sites (tertiary alicyclic amines) is 1. The Balaban J connectivity index is 1.91. The van der Waals surface area contributed by atoms with Gasteiger partial charge in [-0.2, -0.15) is 0 Å². The van der Waals surface area contributed by atoms with E-state index < -0.39 is 12.3 Å². The number of imidazole rings is 1. The van der Waals surface area contributed by atoms with Gasteiger partial charge in [0, 0.05) is 18.1 Å². The van der Waals surface area contributed by atoms with Crippen molar-refractivity contribution in [1.82, 2.24) is 29.7 Å². The monoisotopic (exact) mass is 386 g/mol. The molecule has 8 heteroatoms. The average molecular weight is 387 g/mol. The number of hydrogen-bond acceptors (Lipinski definition) is 6. The standard InChI is InChI=1S/C20H30N6O2/c1-14(2)11-17(27)24-19(28)18(25-8-5-4-6-9-25)16-12-15(3)22-20(23-16)26-10-7-21-13-26/h7,10,12-14,17-18,27H,4-6,8-9,11H2,1-3H3,(H,24,28). The van der Waals surface area contributed by atoms with E-state index in [2.05, 4.69) is 25.2 Å². The van der Waals surface area contributed by atoms with Crippen LogP contribution < -0.4 is 5.32 Å². The molecule has 2 unspecified atom stereocenters. The van der Waals surface area contributed by atoms with Crippen LogP contribution in [0.4, 0.5) is 0 Å². The second kappa shape index (κ2) is 9.25. The molecule has 1 fully saturated rings. The summed E-state index contributed by atoms with van der Waals surface area (Å²) in [5, 5.41) is 13.0. The van der Waals surface area contributed by atoms with Crippen LogP contribution in [-0.4, -0.2) is 54.8 Å². The zero-order chi connectivity index (χ0) is 20.1. The Kier molecular flexibility index (Phi) is 6.74. The fraction of sp³-hybridized carbons (Fsp3) is 0.600. The number of aromatic nitrogens is 4. The Hall–Kier alpha value is -2.32. The number of nitrogens with zero attached hydrogens (tertiary/aromatic N) is 5. The van der Waals surface area contributed by atoms with Crippen LogP contribution in [0.15, 0.2) is 24.8 Å². The molecule has 2 atom stereocenters. The minimum absolute atomic E-state index is 0.218. The summed E-state index contributed by atoms with van der Waals surface area (Å²) < 4.78 is 1.73. The number of rotatable bonds is 7. The summed E-state index contributed by atoms with van der Waals surface area (Å²) >= 11 is 0. The first-order valence-electron chi connectivity index (χ1n) is 10.0. The van der Waals surface area contributed by atoms with E-state index in [0.29, 0.717) is 18.1 Å². The number of carbonyl (C=O) groups is 1. The predicted molar refractivity (Wildman–Crippen MR) is 106 cm³/mol. The molecule has 28 heavy (non-hydrogen) atoms. The highest BCUT2D eigenvalue weighted by atomic mass is 16.3. The van der Waals surface area contributed by atoms with Gasteiger partial charge in [-0.25, -0.2) is 15.0 Å². The fourth-order valence-electron chi connectivity index (χ4n) is 3.62. The van der Waals surface area contributed by atoms with Crippen LogP contribution in [0, 0.1) is 12.8 Å². The molecule has 0 saturated carbocycles. The molecule has 0 spiro atoms. The van der Waals surface area contributed by atoms with E-state index in [4.69, 9.17) is 0 Å². The van der Waals surface area contributed by atoms with Gasteiger partial charge in [0.1, 0.15) is 18.6 Å². The maximum atomic E-state index is 13.2. The van der Waals surface area contributed by atoms with E-state index in [1.165, 1.54) is 6.42 Å². The van der Waals surface area contributed by atoms with Gasteiger partial charge >= 0.3 is 0 Å². The minimum atomic E-state index is -0.865.